The Balaban J connectivity index is 3.56. The van der Waals surface area contributed by atoms with E-state index in [1.807, 2.05) is 39.8 Å². The fourth-order valence-electron chi connectivity index (χ4n) is 5.87. The van der Waals surface area contributed by atoms with E-state index in [-0.39, 0.29) is 29.3 Å². The van der Waals surface area contributed by atoms with E-state index in [1.54, 1.807) is 65.0 Å². The van der Waals surface area contributed by atoms with Crippen LogP contribution < -0.4 is 0 Å². The first-order valence-electron chi connectivity index (χ1n) is 16.6. The maximum atomic E-state index is 13.5. The molecule has 4 N–H and O–H groups in total. The fourth-order valence-corrected chi connectivity index (χ4v) is 5.87. The van der Waals surface area contributed by atoms with Crippen molar-refractivity contribution in [1.82, 2.24) is 0 Å². The summed E-state index contributed by atoms with van der Waals surface area (Å²) in [5.74, 6) is -3.99. The number of rotatable bonds is 10. The monoisotopic (exact) mass is 660 g/mol. The number of aliphatic hydroxyl groups is 4. The summed E-state index contributed by atoms with van der Waals surface area (Å²) in [5, 5.41) is 43.6. The third kappa shape index (κ3) is 13.0. The smallest absolute Gasteiger partial charge is 0.373 e. The lowest BCUT2D eigenvalue weighted by Gasteiger charge is -2.33. The summed E-state index contributed by atoms with van der Waals surface area (Å²) < 4.78 is 17.1. The summed E-state index contributed by atoms with van der Waals surface area (Å²) in [6.07, 6.45) is 10.3. The molecule has 0 aromatic rings. The average Bonchev–Trinajstić information content (AvgIpc) is 3.04. The lowest BCUT2D eigenvalue weighted by atomic mass is 9.81. The highest BCUT2D eigenvalue weighted by Crippen LogP contribution is 2.28. The Bertz CT molecular complexity index is 1180. The number of allylic oxidation sites excluding steroid dienone is 7. The number of hydrogen-bond acceptors (Lipinski definition) is 9. The van der Waals surface area contributed by atoms with Crippen LogP contribution >= 0.6 is 0 Å². The summed E-state index contributed by atoms with van der Waals surface area (Å²) in [6.45, 7) is 16.2. The van der Waals surface area contributed by atoms with Crippen LogP contribution in [0.5, 0.6) is 0 Å². The number of carbonyl (C=O) groups excluding carboxylic acids is 2. The minimum absolute atomic E-state index is 0.0924. The molecule has 1 aliphatic rings. The van der Waals surface area contributed by atoms with E-state index >= 15 is 0 Å². The van der Waals surface area contributed by atoms with Crippen LogP contribution in [0.15, 0.2) is 71.6 Å². The van der Waals surface area contributed by atoms with Gasteiger partial charge in [-0.25, -0.2) is 4.79 Å². The normalized spacial score (nSPS) is 34.7. The molecular weight excluding hydrogens is 600 g/mol. The van der Waals surface area contributed by atoms with Crippen molar-refractivity contribution >= 4 is 11.8 Å². The van der Waals surface area contributed by atoms with E-state index in [1.165, 1.54) is 26.4 Å². The van der Waals surface area contributed by atoms with Gasteiger partial charge in [-0.05, 0) is 45.3 Å². The van der Waals surface area contributed by atoms with Crippen LogP contribution in [0.25, 0.3) is 0 Å². The number of ether oxygens (including phenoxy) is 3. The molecular formula is C38H60O9. The number of aliphatic hydroxyl groups excluding tert-OH is 4. The predicted molar refractivity (Wildman–Crippen MR) is 185 cm³/mol. The van der Waals surface area contributed by atoms with Crippen LogP contribution in [0, 0.1) is 35.5 Å². The molecule has 0 aliphatic carbocycles. The molecule has 0 saturated heterocycles. The fraction of sp³-hybridized carbons (Fsp3) is 0.632. The highest BCUT2D eigenvalue weighted by molar-refractivity contribution is 5.92. The maximum Gasteiger partial charge on any atom is 0.373 e. The molecule has 9 nitrogen and oxygen atoms in total. The lowest BCUT2D eigenvalue weighted by Crippen LogP contribution is -2.45. The number of methoxy groups -OCH3 is 2. The van der Waals surface area contributed by atoms with Crippen molar-refractivity contribution in [3.05, 3.63) is 71.6 Å². The highest BCUT2D eigenvalue weighted by Gasteiger charge is 2.38. The van der Waals surface area contributed by atoms with E-state index in [2.05, 4.69) is 0 Å². The highest BCUT2D eigenvalue weighted by atomic mass is 16.6. The largest absolute Gasteiger partial charge is 0.490 e. The Hall–Kier alpha value is -2.82. The van der Waals surface area contributed by atoms with Crippen LogP contribution in [0.4, 0.5) is 0 Å². The molecule has 0 amide bonds. The summed E-state index contributed by atoms with van der Waals surface area (Å²) in [7, 11) is 2.82. The second-order valence-electron chi connectivity index (χ2n) is 13.2. The van der Waals surface area contributed by atoms with Gasteiger partial charge in [0, 0.05) is 36.7 Å². The van der Waals surface area contributed by atoms with E-state index < -0.39 is 60.3 Å². The topological polar surface area (TPSA) is 143 Å². The van der Waals surface area contributed by atoms with Crippen LogP contribution in [-0.2, 0) is 23.8 Å². The zero-order valence-electron chi connectivity index (χ0n) is 30.2. The van der Waals surface area contributed by atoms with E-state index in [9.17, 15) is 30.0 Å². The Morgan fingerprint density at radius 1 is 1.04 bits per heavy atom. The standard InChI is InChI=1S/C38H60O9/c1-12-14-30(39)24(4)17-18-31(40)27(7)36(43)29(9)37-32(45-10)16-13-15-22(2)19-25(5)34(41)28(8)35(42)26(6)20-23(3)21-33(46-11)38(44)47-37/h12-18,20-21,24-30,32,34-37,39,41-43H,19H2,1-11H3/b14-12-,16-13+,18-17+,22-15+,23-20+,33-21-/t24-,25+,26+,27-,28+,29-,30+,32+,34-,35-,36+,37-/m1/s1. The van der Waals surface area contributed by atoms with Gasteiger partial charge in [0.05, 0.1) is 31.5 Å². The zero-order valence-corrected chi connectivity index (χ0v) is 30.2. The molecule has 0 radical (unpaired) electrons. The van der Waals surface area contributed by atoms with Crippen LogP contribution in [0.1, 0.15) is 68.7 Å². The van der Waals surface area contributed by atoms with Crippen molar-refractivity contribution in [3.8, 4) is 0 Å². The Kier molecular flexibility index (Phi) is 18.4. The van der Waals surface area contributed by atoms with Crippen molar-refractivity contribution in [1.29, 1.82) is 0 Å². The van der Waals surface area contributed by atoms with Crippen molar-refractivity contribution in [2.75, 3.05) is 14.2 Å². The summed E-state index contributed by atoms with van der Waals surface area (Å²) in [4.78, 5) is 26.6. The van der Waals surface area contributed by atoms with Gasteiger partial charge in [-0.3, -0.25) is 4.79 Å². The Morgan fingerprint density at radius 2 is 1.68 bits per heavy atom. The molecule has 0 fully saturated rings. The van der Waals surface area contributed by atoms with E-state index in [4.69, 9.17) is 14.2 Å². The molecule has 1 rings (SSSR count). The first kappa shape index (κ1) is 42.2. The third-order valence-corrected chi connectivity index (χ3v) is 9.18. The molecule has 0 saturated carbocycles. The molecule has 47 heavy (non-hydrogen) atoms. The minimum Gasteiger partial charge on any atom is -0.490 e. The Morgan fingerprint density at radius 3 is 2.26 bits per heavy atom. The van der Waals surface area contributed by atoms with Crippen molar-refractivity contribution < 1.29 is 44.2 Å². The first-order chi connectivity index (χ1) is 22.0. The summed E-state index contributed by atoms with van der Waals surface area (Å²) >= 11 is 0. The number of cyclic esters (lactones) is 1. The van der Waals surface area contributed by atoms with Gasteiger partial charge in [0.2, 0.25) is 5.76 Å². The van der Waals surface area contributed by atoms with Crippen LogP contribution in [0.2, 0.25) is 0 Å². The van der Waals surface area contributed by atoms with Gasteiger partial charge in [0.15, 0.2) is 5.78 Å². The van der Waals surface area contributed by atoms with Crippen molar-refractivity contribution in [2.45, 2.75) is 105 Å². The first-order valence-corrected chi connectivity index (χ1v) is 16.6. The summed E-state index contributed by atoms with van der Waals surface area (Å²) in [5.41, 5.74) is 1.63. The Labute approximate surface area is 282 Å². The molecule has 1 heterocycles. The van der Waals surface area contributed by atoms with Crippen molar-refractivity contribution in [3.63, 3.8) is 0 Å². The molecule has 1 aliphatic heterocycles. The molecule has 9 heteroatoms. The van der Waals surface area contributed by atoms with Crippen LogP contribution in [-0.4, -0.2) is 83.0 Å². The second kappa shape index (κ2) is 20.5. The molecule has 266 valence electrons. The maximum absolute atomic E-state index is 13.5. The van der Waals surface area contributed by atoms with Crippen LogP contribution in [0.3, 0.4) is 0 Å². The van der Waals surface area contributed by atoms with Gasteiger partial charge < -0.3 is 34.6 Å². The van der Waals surface area contributed by atoms with E-state index in [0.717, 1.165) is 5.57 Å². The van der Waals surface area contributed by atoms with E-state index in [0.29, 0.717) is 12.0 Å². The summed E-state index contributed by atoms with van der Waals surface area (Å²) in [6, 6.07) is 0. The number of esters is 1. The molecule has 0 aromatic carbocycles. The van der Waals surface area contributed by atoms with Gasteiger partial charge in [0.25, 0.3) is 0 Å². The number of hydrogen-bond donors (Lipinski definition) is 4. The third-order valence-electron chi connectivity index (χ3n) is 9.18. The molecule has 0 bridgehead atoms. The molecule has 0 spiro atoms. The minimum atomic E-state index is -1.22. The number of ketones is 1. The van der Waals surface area contributed by atoms with Gasteiger partial charge >= 0.3 is 5.97 Å². The van der Waals surface area contributed by atoms with Gasteiger partial charge in [0.1, 0.15) is 12.2 Å². The van der Waals surface area contributed by atoms with Gasteiger partial charge in [-0.15, -0.1) is 0 Å². The molecule has 0 unspecified atom stereocenters. The van der Waals surface area contributed by atoms with Crippen molar-refractivity contribution in [2.24, 2.45) is 35.5 Å². The second-order valence-corrected chi connectivity index (χ2v) is 13.2. The SMILES string of the molecule is C/C=C\[C@H](O)[C@H](C)/C=C/C(=O)[C@@H](C)[C@H](O)[C@@H](C)[C@H]1OC(=O)/C(OC)=C/C(C)=C/[C@H](C)[C@@H](O)[C@@H](C)[C@H](O)[C@@H](C)C/C(C)=C/C=C/[C@@H]1OC. The average molecular weight is 661 g/mol. The molecule has 12 atom stereocenters. The number of carbonyl (C=O) groups is 2. The lowest BCUT2D eigenvalue weighted by molar-refractivity contribution is -0.162. The van der Waals surface area contributed by atoms with Gasteiger partial charge in [-0.1, -0.05) is 95.2 Å². The van der Waals surface area contributed by atoms with Gasteiger partial charge in [-0.2, -0.15) is 0 Å². The molecule has 0 aromatic heterocycles. The zero-order chi connectivity index (χ0) is 36.0. The quantitative estimate of drug-likeness (QED) is 0.140. The predicted octanol–water partition coefficient (Wildman–Crippen LogP) is 5.26.